The van der Waals surface area contributed by atoms with E-state index in [9.17, 15) is 10.2 Å². The summed E-state index contributed by atoms with van der Waals surface area (Å²) in [5.41, 5.74) is 0.599. The lowest BCUT2D eigenvalue weighted by atomic mass is 9.59. The van der Waals surface area contributed by atoms with Crippen molar-refractivity contribution in [1.82, 2.24) is 0 Å². The number of rotatable bonds is 4. The van der Waals surface area contributed by atoms with Crippen molar-refractivity contribution in [2.45, 2.75) is 159 Å². The zero-order valence-corrected chi connectivity index (χ0v) is 28.4. The van der Waals surface area contributed by atoms with Gasteiger partial charge in [-0.2, -0.15) is 0 Å². The van der Waals surface area contributed by atoms with Gasteiger partial charge in [-0.1, -0.05) is 95.9 Å². The second kappa shape index (κ2) is 12.5. The molecule has 2 N–H and O–H groups in total. The molecule has 3 fully saturated rings. The van der Waals surface area contributed by atoms with Gasteiger partial charge in [0.15, 0.2) is 0 Å². The Morgan fingerprint density at radius 3 is 1.10 bits per heavy atom. The molecule has 0 amide bonds. The van der Waals surface area contributed by atoms with E-state index >= 15 is 0 Å². The van der Waals surface area contributed by atoms with Crippen molar-refractivity contribution in [3.8, 4) is 0 Å². The van der Waals surface area contributed by atoms with E-state index in [1.165, 1.54) is 12.8 Å². The van der Waals surface area contributed by atoms with Crippen molar-refractivity contribution >= 4 is 12.4 Å². The fourth-order valence-electron chi connectivity index (χ4n) is 7.94. The second-order valence-corrected chi connectivity index (χ2v) is 18.3. The summed E-state index contributed by atoms with van der Waals surface area (Å²) < 4.78 is 0. The highest BCUT2D eigenvalue weighted by Gasteiger charge is 2.46. The molecule has 40 heavy (non-hydrogen) atoms. The molecule has 3 aliphatic carbocycles. The molecule has 3 aliphatic rings. The van der Waals surface area contributed by atoms with Gasteiger partial charge in [-0.05, 0) is 83.9 Å². The Morgan fingerprint density at radius 2 is 0.825 bits per heavy atom. The van der Waals surface area contributed by atoms with Gasteiger partial charge >= 0.3 is 0 Å². The third-order valence-corrected chi connectivity index (χ3v) is 11.2. The highest BCUT2D eigenvalue weighted by molar-refractivity contribution is 5.64. The summed E-state index contributed by atoms with van der Waals surface area (Å²) in [6.45, 7) is 27.8. The maximum absolute atomic E-state index is 11.5. The summed E-state index contributed by atoms with van der Waals surface area (Å²) >= 11 is 0. The molecule has 0 heterocycles. The van der Waals surface area contributed by atoms with Crippen LogP contribution in [0.3, 0.4) is 0 Å². The van der Waals surface area contributed by atoms with Gasteiger partial charge in [0.2, 0.25) is 0 Å². The Balaban J connectivity index is 1.79. The molecule has 4 heteroatoms. The maximum Gasteiger partial charge on any atom is 0.0719 e. The summed E-state index contributed by atoms with van der Waals surface area (Å²) in [7, 11) is 0. The highest BCUT2D eigenvalue weighted by Crippen LogP contribution is 2.49. The monoisotopic (exact) mass is 559 g/mol. The van der Waals surface area contributed by atoms with Crippen LogP contribution in [0.25, 0.3) is 0 Å². The van der Waals surface area contributed by atoms with Crippen molar-refractivity contribution in [2.24, 2.45) is 67.2 Å². The average Bonchev–Trinajstić information content (AvgIpc) is 2.80. The van der Waals surface area contributed by atoms with Crippen molar-refractivity contribution < 1.29 is 10.2 Å². The van der Waals surface area contributed by atoms with E-state index in [0.29, 0.717) is 11.8 Å². The summed E-state index contributed by atoms with van der Waals surface area (Å²) in [5.74, 6) is 1.93. The first kappa shape index (κ1) is 33.8. The van der Waals surface area contributed by atoms with Gasteiger partial charge in [0, 0.05) is 24.3 Å². The van der Waals surface area contributed by atoms with Crippen LogP contribution in [0.1, 0.15) is 134 Å². The minimum Gasteiger partial charge on any atom is -0.392 e. The first-order valence-electron chi connectivity index (χ1n) is 16.6. The van der Waals surface area contributed by atoms with Gasteiger partial charge in [-0.25, -0.2) is 0 Å². The summed E-state index contributed by atoms with van der Waals surface area (Å²) in [6, 6.07) is 0.357. The highest BCUT2D eigenvalue weighted by atomic mass is 16.3. The molecular formula is C36H66N2O2. The van der Waals surface area contributed by atoms with Crippen LogP contribution >= 0.6 is 0 Å². The van der Waals surface area contributed by atoms with Crippen LogP contribution in [0, 0.1) is 57.2 Å². The zero-order chi connectivity index (χ0) is 30.3. The van der Waals surface area contributed by atoms with Gasteiger partial charge < -0.3 is 10.2 Å². The minimum absolute atomic E-state index is 0.0732. The number of aliphatic hydroxyl groups excluding tert-OH is 2. The maximum atomic E-state index is 11.5. The van der Waals surface area contributed by atoms with Crippen LogP contribution in [0.5, 0.6) is 0 Å². The van der Waals surface area contributed by atoms with Crippen LogP contribution in [-0.4, -0.2) is 46.9 Å². The van der Waals surface area contributed by atoms with E-state index in [1.807, 2.05) is 0 Å². The summed E-state index contributed by atoms with van der Waals surface area (Å²) in [6.07, 6.45) is 12.3. The Hall–Kier alpha value is -0.740. The first-order chi connectivity index (χ1) is 18.2. The first-order valence-corrected chi connectivity index (χ1v) is 16.6. The molecule has 0 saturated heterocycles. The standard InChI is InChI=1S/C36H66N2O2/c1-33(2,3)25-17-23(31(39)27(19-25)35(7,8)9)21-37-29-15-13-14-16-30(29)38-22-24-18-26(34(4,5)6)20-28(32(24)40)36(10,11)12/h21-32,39-40H,13-20H2,1-12H3/t23?,24?,25?,26?,27?,28?,29-,30-,31?,32?/m1/s1. The third-order valence-electron chi connectivity index (χ3n) is 11.2. The van der Waals surface area contributed by atoms with Crippen LogP contribution in [0.15, 0.2) is 9.98 Å². The van der Waals surface area contributed by atoms with E-state index in [-0.39, 0.29) is 69.6 Å². The molecule has 232 valence electrons. The van der Waals surface area contributed by atoms with E-state index in [0.717, 1.165) is 38.5 Å². The Morgan fingerprint density at radius 1 is 0.500 bits per heavy atom. The summed E-state index contributed by atoms with van der Waals surface area (Å²) in [4.78, 5) is 10.4. The Bertz CT molecular complexity index is 793. The van der Waals surface area contributed by atoms with Crippen LogP contribution in [0.4, 0.5) is 0 Å². The molecule has 10 atom stereocenters. The number of hydrogen-bond acceptors (Lipinski definition) is 4. The molecular weight excluding hydrogens is 492 g/mol. The second-order valence-electron chi connectivity index (χ2n) is 18.3. The quantitative estimate of drug-likeness (QED) is 0.339. The Kier molecular flexibility index (Phi) is 10.5. The average molecular weight is 559 g/mol. The predicted octanol–water partition coefficient (Wildman–Crippen LogP) is 8.63. The molecule has 4 nitrogen and oxygen atoms in total. The lowest BCUT2D eigenvalue weighted by Crippen LogP contribution is -2.47. The smallest absolute Gasteiger partial charge is 0.0719 e. The lowest BCUT2D eigenvalue weighted by molar-refractivity contribution is -0.0475. The fraction of sp³-hybridized carbons (Fsp3) is 0.944. The van der Waals surface area contributed by atoms with E-state index in [1.54, 1.807) is 0 Å². The molecule has 0 spiro atoms. The molecule has 0 radical (unpaired) electrons. The number of hydrogen-bond donors (Lipinski definition) is 2. The largest absolute Gasteiger partial charge is 0.392 e. The SMILES string of the molecule is CC(C)(C)C1CC(C=N[C@@H]2CCCC[C@H]2N=CC2CC(C(C)(C)C)CC(C(C)(C)C)C2O)C(O)C(C(C)(C)C)C1. The van der Waals surface area contributed by atoms with Crippen LogP contribution in [-0.2, 0) is 0 Å². The third kappa shape index (κ3) is 8.42. The Labute approximate surface area is 248 Å². The van der Waals surface area contributed by atoms with E-state index in [4.69, 9.17) is 9.98 Å². The molecule has 0 bridgehead atoms. The van der Waals surface area contributed by atoms with Gasteiger partial charge in [-0.3, -0.25) is 9.98 Å². The van der Waals surface area contributed by atoms with Gasteiger partial charge in [0.05, 0.1) is 24.3 Å². The van der Waals surface area contributed by atoms with Gasteiger partial charge in [-0.15, -0.1) is 0 Å². The predicted molar refractivity (Wildman–Crippen MR) is 172 cm³/mol. The van der Waals surface area contributed by atoms with Crippen LogP contribution in [0.2, 0.25) is 0 Å². The molecule has 0 aromatic rings. The van der Waals surface area contributed by atoms with E-state index < -0.39 is 0 Å². The zero-order valence-electron chi connectivity index (χ0n) is 28.4. The lowest BCUT2D eigenvalue weighted by Gasteiger charge is -2.48. The summed E-state index contributed by atoms with van der Waals surface area (Å²) in [5, 5.41) is 23.0. The van der Waals surface area contributed by atoms with Crippen molar-refractivity contribution in [3.63, 3.8) is 0 Å². The number of aliphatic imine (C=N–C) groups is 2. The topological polar surface area (TPSA) is 65.2 Å². The fourth-order valence-corrected chi connectivity index (χ4v) is 7.94. The minimum atomic E-state index is -0.339. The molecule has 0 aromatic heterocycles. The normalized spacial score (nSPS) is 39.2. The molecule has 0 aliphatic heterocycles. The van der Waals surface area contributed by atoms with Gasteiger partial charge in [0.1, 0.15) is 0 Å². The molecule has 3 rings (SSSR count). The van der Waals surface area contributed by atoms with Crippen molar-refractivity contribution in [1.29, 1.82) is 0 Å². The number of aliphatic hydroxyl groups is 2. The number of nitrogens with zero attached hydrogens (tertiary/aromatic N) is 2. The molecule has 3 saturated carbocycles. The van der Waals surface area contributed by atoms with Crippen molar-refractivity contribution in [3.05, 3.63) is 0 Å². The van der Waals surface area contributed by atoms with Crippen LogP contribution < -0.4 is 0 Å². The van der Waals surface area contributed by atoms with Crippen molar-refractivity contribution in [2.75, 3.05) is 0 Å². The van der Waals surface area contributed by atoms with Gasteiger partial charge in [0.25, 0.3) is 0 Å². The molecule has 8 unspecified atom stereocenters. The van der Waals surface area contributed by atoms with E-state index in [2.05, 4.69) is 95.5 Å². The molecule has 0 aromatic carbocycles.